The Morgan fingerprint density at radius 1 is 1.14 bits per heavy atom. The number of aryl methyl sites for hydroxylation is 1. The van der Waals surface area contributed by atoms with Gasteiger partial charge in [-0.05, 0) is 47.0 Å². The van der Waals surface area contributed by atoms with Gasteiger partial charge in [0.05, 0.1) is 0 Å². The van der Waals surface area contributed by atoms with Crippen molar-refractivity contribution in [1.82, 2.24) is 0 Å². The Labute approximate surface area is 92.1 Å². The Bertz CT molecular complexity index is 477. The van der Waals surface area contributed by atoms with E-state index in [2.05, 4.69) is 53.2 Å². The van der Waals surface area contributed by atoms with Gasteiger partial charge >= 0.3 is 0 Å². The van der Waals surface area contributed by atoms with E-state index in [-0.39, 0.29) is 0 Å². The number of benzene rings is 2. The quantitative estimate of drug-likeness (QED) is 0.825. The SMILES string of the molecule is Cc1cc2ccc(Br)cc2cc1CN. The monoisotopic (exact) mass is 249 g/mol. The summed E-state index contributed by atoms with van der Waals surface area (Å²) in [7, 11) is 0. The summed E-state index contributed by atoms with van der Waals surface area (Å²) in [5.74, 6) is 0. The van der Waals surface area contributed by atoms with Crippen molar-refractivity contribution in [1.29, 1.82) is 0 Å². The van der Waals surface area contributed by atoms with Gasteiger partial charge in [-0.2, -0.15) is 0 Å². The van der Waals surface area contributed by atoms with Crippen LogP contribution in [0.15, 0.2) is 34.8 Å². The van der Waals surface area contributed by atoms with Crippen molar-refractivity contribution in [2.75, 3.05) is 0 Å². The van der Waals surface area contributed by atoms with Gasteiger partial charge in [-0.15, -0.1) is 0 Å². The van der Waals surface area contributed by atoms with E-state index in [0.29, 0.717) is 6.54 Å². The summed E-state index contributed by atoms with van der Waals surface area (Å²) >= 11 is 3.47. The highest BCUT2D eigenvalue weighted by Crippen LogP contribution is 2.23. The highest BCUT2D eigenvalue weighted by molar-refractivity contribution is 9.10. The van der Waals surface area contributed by atoms with Crippen molar-refractivity contribution >= 4 is 26.7 Å². The molecule has 2 N–H and O–H groups in total. The first kappa shape index (κ1) is 9.69. The van der Waals surface area contributed by atoms with Gasteiger partial charge in [0.1, 0.15) is 0 Å². The van der Waals surface area contributed by atoms with E-state index < -0.39 is 0 Å². The van der Waals surface area contributed by atoms with Gasteiger partial charge in [-0.1, -0.05) is 28.1 Å². The van der Waals surface area contributed by atoms with Gasteiger partial charge in [0.25, 0.3) is 0 Å². The fourth-order valence-electron chi connectivity index (χ4n) is 1.65. The molecule has 0 aliphatic rings. The first-order valence-corrected chi connectivity index (χ1v) is 5.39. The lowest BCUT2D eigenvalue weighted by Gasteiger charge is -2.06. The van der Waals surface area contributed by atoms with Crippen LogP contribution in [-0.2, 0) is 6.54 Å². The van der Waals surface area contributed by atoms with Gasteiger partial charge in [-0.3, -0.25) is 0 Å². The molecule has 2 rings (SSSR count). The molecule has 0 fully saturated rings. The molecular weight excluding hydrogens is 238 g/mol. The van der Waals surface area contributed by atoms with Crippen molar-refractivity contribution in [3.8, 4) is 0 Å². The summed E-state index contributed by atoms with van der Waals surface area (Å²) in [6, 6.07) is 10.6. The summed E-state index contributed by atoms with van der Waals surface area (Å²) in [6.45, 7) is 2.71. The van der Waals surface area contributed by atoms with Crippen LogP contribution in [0.5, 0.6) is 0 Å². The number of rotatable bonds is 1. The number of hydrogen-bond donors (Lipinski definition) is 1. The highest BCUT2D eigenvalue weighted by atomic mass is 79.9. The maximum Gasteiger partial charge on any atom is 0.0181 e. The van der Waals surface area contributed by atoms with E-state index in [0.717, 1.165) is 4.47 Å². The average Bonchev–Trinajstić information content (AvgIpc) is 2.17. The van der Waals surface area contributed by atoms with Gasteiger partial charge < -0.3 is 5.73 Å². The lowest BCUT2D eigenvalue weighted by atomic mass is 10.0. The number of halogens is 1. The third-order valence-electron chi connectivity index (χ3n) is 2.48. The van der Waals surface area contributed by atoms with Crippen molar-refractivity contribution < 1.29 is 0 Å². The summed E-state index contributed by atoms with van der Waals surface area (Å²) < 4.78 is 1.11. The van der Waals surface area contributed by atoms with Crippen LogP contribution in [0, 0.1) is 6.92 Å². The summed E-state index contributed by atoms with van der Waals surface area (Å²) in [4.78, 5) is 0. The predicted octanol–water partition coefficient (Wildman–Crippen LogP) is 3.37. The maximum absolute atomic E-state index is 5.67. The second-order valence-corrected chi connectivity index (χ2v) is 4.39. The van der Waals surface area contributed by atoms with Gasteiger partial charge in [0, 0.05) is 11.0 Å². The summed E-state index contributed by atoms with van der Waals surface area (Å²) in [5.41, 5.74) is 8.15. The van der Waals surface area contributed by atoms with Crippen molar-refractivity contribution in [3.63, 3.8) is 0 Å². The molecule has 0 aliphatic carbocycles. The van der Waals surface area contributed by atoms with Crippen molar-refractivity contribution in [2.24, 2.45) is 5.73 Å². The summed E-state index contributed by atoms with van der Waals surface area (Å²) in [6.07, 6.45) is 0. The molecule has 0 spiro atoms. The molecule has 0 aromatic heterocycles. The van der Waals surface area contributed by atoms with Crippen LogP contribution in [0.2, 0.25) is 0 Å². The minimum atomic E-state index is 0.605. The molecule has 0 bridgehead atoms. The van der Waals surface area contributed by atoms with Gasteiger partial charge in [-0.25, -0.2) is 0 Å². The van der Waals surface area contributed by atoms with E-state index >= 15 is 0 Å². The zero-order chi connectivity index (χ0) is 10.1. The fraction of sp³-hybridized carbons (Fsp3) is 0.167. The number of fused-ring (bicyclic) bond motifs is 1. The second-order valence-electron chi connectivity index (χ2n) is 3.47. The first-order chi connectivity index (χ1) is 6.70. The van der Waals surface area contributed by atoms with E-state index in [9.17, 15) is 0 Å². The summed E-state index contributed by atoms with van der Waals surface area (Å²) in [5, 5.41) is 2.51. The molecule has 0 unspecified atom stereocenters. The maximum atomic E-state index is 5.67. The standard InChI is InChI=1S/C12H12BrN/c1-8-4-9-2-3-12(13)6-10(9)5-11(8)7-14/h2-6H,7,14H2,1H3. The Kier molecular flexibility index (Phi) is 2.57. The molecule has 1 nitrogen and oxygen atoms in total. The molecule has 0 atom stereocenters. The third kappa shape index (κ3) is 1.68. The van der Waals surface area contributed by atoms with Crippen LogP contribution >= 0.6 is 15.9 Å². The van der Waals surface area contributed by atoms with E-state index in [1.54, 1.807) is 0 Å². The Morgan fingerprint density at radius 3 is 2.64 bits per heavy atom. The van der Waals surface area contributed by atoms with Crippen molar-refractivity contribution in [2.45, 2.75) is 13.5 Å². The normalized spacial score (nSPS) is 10.8. The Morgan fingerprint density at radius 2 is 1.93 bits per heavy atom. The number of nitrogens with two attached hydrogens (primary N) is 1. The van der Waals surface area contributed by atoms with Gasteiger partial charge in [0.2, 0.25) is 0 Å². The van der Waals surface area contributed by atoms with E-state index in [1.807, 2.05) is 0 Å². The van der Waals surface area contributed by atoms with Crippen molar-refractivity contribution in [3.05, 3.63) is 45.9 Å². The van der Waals surface area contributed by atoms with E-state index in [1.165, 1.54) is 21.9 Å². The van der Waals surface area contributed by atoms with Crippen LogP contribution in [0.4, 0.5) is 0 Å². The Balaban J connectivity index is 2.73. The predicted molar refractivity (Wildman–Crippen MR) is 64.3 cm³/mol. The topological polar surface area (TPSA) is 26.0 Å². The molecule has 0 saturated heterocycles. The average molecular weight is 250 g/mol. The lowest BCUT2D eigenvalue weighted by Crippen LogP contribution is -1.98. The smallest absolute Gasteiger partial charge is 0.0181 e. The van der Waals surface area contributed by atoms with Crippen LogP contribution in [-0.4, -0.2) is 0 Å². The molecule has 0 aliphatic heterocycles. The molecule has 0 saturated carbocycles. The molecule has 2 aromatic rings. The zero-order valence-corrected chi connectivity index (χ0v) is 9.64. The lowest BCUT2D eigenvalue weighted by molar-refractivity contribution is 1.05. The van der Waals surface area contributed by atoms with E-state index in [4.69, 9.17) is 5.73 Å². The molecule has 2 heteroatoms. The third-order valence-corrected chi connectivity index (χ3v) is 2.97. The van der Waals surface area contributed by atoms with Crippen LogP contribution in [0.25, 0.3) is 10.8 Å². The largest absolute Gasteiger partial charge is 0.326 e. The fourth-order valence-corrected chi connectivity index (χ4v) is 2.03. The molecule has 0 amide bonds. The first-order valence-electron chi connectivity index (χ1n) is 4.59. The number of hydrogen-bond acceptors (Lipinski definition) is 1. The zero-order valence-electron chi connectivity index (χ0n) is 8.05. The van der Waals surface area contributed by atoms with Gasteiger partial charge in [0.15, 0.2) is 0 Å². The second kappa shape index (κ2) is 3.71. The van der Waals surface area contributed by atoms with Crippen LogP contribution < -0.4 is 5.73 Å². The van der Waals surface area contributed by atoms with Crippen LogP contribution in [0.3, 0.4) is 0 Å². The molecule has 0 radical (unpaired) electrons. The molecule has 14 heavy (non-hydrogen) atoms. The van der Waals surface area contributed by atoms with Crippen LogP contribution in [0.1, 0.15) is 11.1 Å². The molecular formula is C12H12BrN. The minimum absolute atomic E-state index is 0.605. The molecule has 2 aromatic carbocycles. The minimum Gasteiger partial charge on any atom is -0.326 e. The Hall–Kier alpha value is -0.860. The highest BCUT2D eigenvalue weighted by Gasteiger charge is 2.00. The molecule has 72 valence electrons. The molecule has 0 heterocycles.